The number of rotatable bonds is 11. The summed E-state index contributed by atoms with van der Waals surface area (Å²) >= 11 is 19.0. The molecule has 0 heterocycles. The fraction of sp³-hybridized carbons (Fsp3) is 0.286. The molecule has 0 saturated heterocycles. The molecule has 0 aromatic heterocycles. The highest BCUT2D eigenvalue weighted by Crippen LogP contribution is 2.28. The van der Waals surface area contributed by atoms with E-state index in [-0.39, 0.29) is 30.6 Å². The molecular formula is C28H30Cl3N3O4S. The SMILES string of the molecule is CC(C)NC(=O)[C@H](Cc1ccccc1)N(Cc1c(Cl)cccc1Cl)C(=O)CN(c1cccc(Cl)c1)S(C)(=O)=O. The zero-order valence-corrected chi connectivity index (χ0v) is 24.9. The number of nitrogens with zero attached hydrogens (tertiary/aromatic N) is 2. The average Bonchev–Trinajstić information content (AvgIpc) is 2.85. The Hall–Kier alpha value is -2.78. The van der Waals surface area contributed by atoms with Gasteiger partial charge >= 0.3 is 0 Å². The van der Waals surface area contributed by atoms with Crippen molar-refractivity contribution in [1.29, 1.82) is 0 Å². The van der Waals surface area contributed by atoms with Crippen LogP contribution < -0.4 is 9.62 Å². The molecular weight excluding hydrogens is 581 g/mol. The van der Waals surface area contributed by atoms with Crippen LogP contribution in [0.1, 0.15) is 25.0 Å². The Bertz CT molecular complexity index is 1400. The fourth-order valence-corrected chi connectivity index (χ4v) is 5.58. The molecule has 7 nitrogen and oxygen atoms in total. The van der Waals surface area contributed by atoms with Crippen LogP contribution in [-0.2, 0) is 32.6 Å². The third-order valence-corrected chi connectivity index (χ3v) is 7.95. The summed E-state index contributed by atoms with van der Waals surface area (Å²) in [6, 6.07) is 19.2. The Morgan fingerprint density at radius 2 is 1.51 bits per heavy atom. The van der Waals surface area contributed by atoms with E-state index in [1.807, 2.05) is 44.2 Å². The summed E-state index contributed by atoms with van der Waals surface area (Å²) in [5.41, 5.74) is 1.48. The zero-order chi connectivity index (χ0) is 28.7. The molecule has 3 rings (SSSR count). The maximum absolute atomic E-state index is 14.0. The number of sulfonamides is 1. The van der Waals surface area contributed by atoms with Crippen molar-refractivity contribution in [3.8, 4) is 0 Å². The van der Waals surface area contributed by atoms with Gasteiger partial charge in [0, 0.05) is 39.6 Å². The van der Waals surface area contributed by atoms with E-state index in [1.165, 1.54) is 11.0 Å². The van der Waals surface area contributed by atoms with E-state index in [0.717, 1.165) is 16.1 Å². The zero-order valence-electron chi connectivity index (χ0n) is 21.8. The second-order valence-corrected chi connectivity index (χ2v) is 12.5. The Labute approximate surface area is 244 Å². The highest BCUT2D eigenvalue weighted by Gasteiger charge is 2.34. The van der Waals surface area contributed by atoms with Crippen molar-refractivity contribution < 1.29 is 18.0 Å². The maximum Gasteiger partial charge on any atom is 0.244 e. The van der Waals surface area contributed by atoms with Crippen molar-refractivity contribution in [2.24, 2.45) is 0 Å². The van der Waals surface area contributed by atoms with Crippen LogP contribution in [-0.4, -0.2) is 50.0 Å². The quantitative estimate of drug-likeness (QED) is 0.307. The number of carbonyl (C=O) groups is 2. The van der Waals surface area contributed by atoms with Crippen LogP contribution in [0, 0.1) is 0 Å². The van der Waals surface area contributed by atoms with E-state index >= 15 is 0 Å². The van der Waals surface area contributed by atoms with Crippen molar-refractivity contribution >= 4 is 62.3 Å². The molecule has 0 spiro atoms. The first-order chi connectivity index (χ1) is 18.4. The maximum atomic E-state index is 14.0. The van der Waals surface area contributed by atoms with E-state index in [0.29, 0.717) is 20.6 Å². The minimum atomic E-state index is -3.90. The molecule has 208 valence electrons. The Morgan fingerprint density at radius 1 is 0.897 bits per heavy atom. The molecule has 11 heteroatoms. The van der Waals surface area contributed by atoms with Gasteiger partial charge in [0.1, 0.15) is 12.6 Å². The predicted molar refractivity (Wildman–Crippen MR) is 158 cm³/mol. The number of benzene rings is 3. The van der Waals surface area contributed by atoms with Crippen LogP contribution in [0.25, 0.3) is 0 Å². The minimum absolute atomic E-state index is 0.118. The van der Waals surface area contributed by atoms with Gasteiger partial charge in [0.25, 0.3) is 0 Å². The van der Waals surface area contributed by atoms with Gasteiger partial charge in [0.15, 0.2) is 0 Å². The Balaban J connectivity index is 2.10. The first-order valence-electron chi connectivity index (χ1n) is 12.2. The molecule has 0 aliphatic carbocycles. The Morgan fingerprint density at radius 3 is 2.08 bits per heavy atom. The van der Waals surface area contributed by atoms with Crippen LogP contribution in [0.2, 0.25) is 15.1 Å². The summed E-state index contributed by atoms with van der Waals surface area (Å²) in [7, 11) is -3.90. The summed E-state index contributed by atoms with van der Waals surface area (Å²) in [5.74, 6) is -1.00. The van der Waals surface area contributed by atoms with Crippen molar-refractivity contribution in [2.75, 3.05) is 17.1 Å². The summed E-state index contributed by atoms with van der Waals surface area (Å²) in [5, 5.41) is 3.83. The molecule has 0 saturated carbocycles. The third-order valence-electron chi connectivity index (χ3n) is 5.87. The largest absolute Gasteiger partial charge is 0.352 e. The summed E-state index contributed by atoms with van der Waals surface area (Å²) in [4.78, 5) is 28.9. The third kappa shape index (κ3) is 8.60. The van der Waals surface area contributed by atoms with Gasteiger partial charge in [0.05, 0.1) is 11.9 Å². The molecule has 3 aromatic carbocycles. The van der Waals surface area contributed by atoms with Gasteiger partial charge in [-0.2, -0.15) is 0 Å². The lowest BCUT2D eigenvalue weighted by molar-refractivity contribution is -0.140. The lowest BCUT2D eigenvalue weighted by Gasteiger charge is -2.34. The minimum Gasteiger partial charge on any atom is -0.352 e. The van der Waals surface area contributed by atoms with Gasteiger partial charge in [0.2, 0.25) is 21.8 Å². The highest BCUT2D eigenvalue weighted by atomic mass is 35.5. The number of carbonyl (C=O) groups excluding carboxylic acids is 2. The number of hydrogen-bond acceptors (Lipinski definition) is 4. The van der Waals surface area contributed by atoms with Crippen LogP contribution in [0.15, 0.2) is 72.8 Å². The monoisotopic (exact) mass is 609 g/mol. The number of hydrogen-bond donors (Lipinski definition) is 1. The second-order valence-electron chi connectivity index (χ2n) is 9.34. The molecule has 0 radical (unpaired) electrons. The van der Waals surface area contributed by atoms with Crippen LogP contribution in [0.3, 0.4) is 0 Å². The van der Waals surface area contributed by atoms with Crippen LogP contribution in [0.5, 0.6) is 0 Å². The molecule has 39 heavy (non-hydrogen) atoms. The second kappa shape index (κ2) is 13.5. The molecule has 1 atom stereocenters. The lowest BCUT2D eigenvalue weighted by Crippen LogP contribution is -2.54. The van der Waals surface area contributed by atoms with Gasteiger partial charge < -0.3 is 10.2 Å². The smallest absolute Gasteiger partial charge is 0.244 e. The van der Waals surface area contributed by atoms with E-state index in [9.17, 15) is 18.0 Å². The van der Waals surface area contributed by atoms with E-state index in [2.05, 4.69) is 5.32 Å². The van der Waals surface area contributed by atoms with Gasteiger partial charge in [-0.1, -0.05) is 77.3 Å². The highest BCUT2D eigenvalue weighted by molar-refractivity contribution is 7.92. The first kappa shape index (κ1) is 30.8. The van der Waals surface area contributed by atoms with Gasteiger partial charge in [-0.3, -0.25) is 13.9 Å². The van der Waals surface area contributed by atoms with Gasteiger partial charge in [-0.15, -0.1) is 0 Å². The van der Waals surface area contributed by atoms with Gasteiger partial charge in [-0.25, -0.2) is 8.42 Å². The molecule has 3 aromatic rings. The van der Waals surface area contributed by atoms with Gasteiger partial charge in [-0.05, 0) is 49.7 Å². The molecule has 0 aliphatic heterocycles. The molecule has 1 N–H and O–H groups in total. The number of amides is 2. The normalized spacial score (nSPS) is 12.2. The summed E-state index contributed by atoms with van der Waals surface area (Å²) in [6.07, 6.45) is 1.19. The molecule has 0 bridgehead atoms. The molecule has 2 amide bonds. The molecule has 0 fully saturated rings. The van der Waals surface area contributed by atoms with E-state index in [1.54, 1.807) is 36.4 Å². The standard InChI is InChI=1S/C28H30Cl3N3O4S/c1-19(2)32-28(36)26(15-20-9-5-4-6-10-20)33(17-23-24(30)13-8-14-25(23)31)27(35)18-34(39(3,37)38)22-12-7-11-21(29)16-22/h4-14,16,19,26H,15,17-18H2,1-3H3,(H,32,36)/t26-/m0/s1. The average molecular weight is 611 g/mol. The van der Waals surface area contributed by atoms with Crippen LogP contribution >= 0.6 is 34.8 Å². The predicted octanol–water partition coefficient (Wildman–Crippen LogP) is 5.58. The Kier molecular flexibility index (Phi) is 10.7. The summed E-state index contributed by atoms with van der Waals surface area (Å²) in [6.45, 7) is 2.95. The fourth-order valence-electron chi connectivity index (χ4n) is 4.03. The van der Waals surface area contributed by atoms with E-state index in [4.69, 9.17) is 34.8 Å². The van der Waals surface area contributed by atoms with Crippen molar-refractivity contribution in [3.63, 3.8) is 0 Å². The number of halogens is 3. The first-order valence-corrected chi connectivity index (χ1v) is 15.1. The molecule has 0 aliphatic rings. The van der Waals surface area contributed by atoms with Crippen molar-refractivity contribution in [2.45, 2.75) is 38.9 Å². The summed E-state index contributed by atoms with van der Waals surface area (Å²) < 4.78 is 26.6. The number of nitrogens with one attached hydrogen (secondary N) is 1. The number of anilines is 1. The van der Waals surface area contributed by atoms with Crippen LogP contribution in [0.4, 0.5) is 5.69 Å². The lowest BCUT2D eigenvalue weighted by atomic mass is 10.0. The van der Waals surface area contributed by atoms with E-state index < -0.39 is 28.5 Å². The van der Waals surface area contributed by atoms with Crippen molar-refractivity contribution in [1.82, 2.24) is 10.2 Å². The topological polar surface area (TPSA) is 86.8 Å². The molecule has 0 unspecified atom stereocenters. The van der Waals surface area contributed by atoms with Crippen molar-refractivity contribution in [3.05, 3.63) is 99.0 Å².